The zero-order valence-corrected chi connectivity index (χ0v) is 8.87. The molecule has 0 aliphatic heterocycles. The molecule has 0 atom stereocenters. The Morgan fingerprint density at radius 3 is 2.94 bits per heavy atom. The normalized spacial score (nSPS) is 9.88. The highest BCUT2D eigenvalue weighted by Crippen LogP contribution is 2.10. The number of phenols is 1. The second-order valence-corrected chi connectivity index (χ2v) is 3.32. The first-order chi connectivity index (χ1) is 8.25. The van der Waals surface area contributed by atoms with Crippen LogP contribution in [0.5, 0.6) is 5.75 Å². The van der Waals surface area contributed by atoms with Gasteiger partial charge in [0.15, 0.2) is 0 Å². The molecular formula is C11H10N4O2. The quantitative estimate of drug-likeness (QED) is 0.801. The van der Waals surface area contributed by atoms with Gasteiger partial charge in [0, 0.05) is 12.7 Å². The molecule has 6 heteroatoms. The predicted molar refractivity (Wildman–Crippen MR) is 59.1 cm³/mol. The molecule has 0 unspecified atom stereocenters. The minimum absolute atomic E-state index is 0.0210. The number of aromatic nitrogens is 3. The molecule has 86 valence electrons. The van der Waals surface area contributed by atoms with Crippen LogP contribution < -0.4 is 5.32 Å². The summed E-state index contributed by atoms with van der Waals surface area (Å²) in [6.45, 7) is 0.297. The zero-order chi connectivity index (χ0) is 12.1. The van der Waals surface area contributed by atoms with E-state index in [1.165, 1.54) is 12.4 Å². The van der Waals surface area contributed by atoms with Gasteiger partial charge in [-0.3, -0.25) is 4.79 Å². The van der Waals surface area contributed by atoms with Crippen molar-refractivity contribution in [3.63, 3.8) is 0 Å². The Morgan fingerprint density at radius 1 is 1.35 bits per heavy atom. The number of aromatic hydroxyl groups is 1. The van der Waals surface area contributed by atoms with Gasteiger partial charge in [0.2, 0.25) is 5.82 Å². The van der Waals surface area contributed by atoms with Gasteiger partial charge in [0.05, 0.1) is 6.20 Å². The molecule has 17 heavy (non-hydrogen) atoms. The number of hydrogen-bond donors (Lipinski definition) is 2. The first-order valence-electron chi connectivity index (χ1n) is 4.95. The fourth-order valence-electron chi connectivity index (χ4n) is 1.28. The van der Waals surface area contributed by atoms with Crippen LogP contribution in [0.4, 0.5) is 0 Å². The van der Waals surface area contributed by atoms with Gasteiger partial charge in [-0.15, -0.1) is 5.10 Å². The zero-order valence-electron chi connectivity index (χ0n) is 8.87. The van der Waals surface area contributed by atoms with Gasteiger partial charge in [-0.25, -0.2) is 4.98 Å². The van der Waals surface area contributed by atoms with E-state index in [1.807, 2.05) is 0 Å². The van der Waals surface area contributed by atoms with E-state index in [0.29, 0.717) is 6.54 Å². The maximum Gasteiger partial charge on any atom is 0.291 e. The van der Waals surface area contributed by atoms with Crippen LogP contribution in [0.15, 0.2) is 36.7 Å². The molecule has 6 nitrogen and oxygen atoms in total. The second kappa shape index (κ2) is 5.02. The summed E-state index contributed by atoms with van der Waals surface area (Å²) in [5.74, 6) is -0.219. The third kappa shape index (κ3) is 2.97. The monoisotopic (exact) mass is 230 g/mol. The lowest BCUT2D eigenvalue weighted by atomic mass is 10.2. The van der Waals surface area contributed by atoms with E-state index in [1.54, 1.807) is 24.3 Å². The first kappa shape index (κ1) is 11.0. The molecule has 0 fully saturated rings. The third-order valence-corrected chi connectivity index (χ3v) is 2.05. The van der Waals surface area contributed by atoms with Crippen LogP contribution in [0, 0.1) is 0 Å². The number of benzene rings is 1. The van der Waals surface area contributed by atoms with Crippen LogP contribution in [-0.2, 0) is 6.54 Å². The molecule has 0 saturated carbocycles. The number of amides is 1. The standard InChI is InChI=1S/C11H10N4O2/c16-9-3-1-2-8(6-9)7-13-11(17)10-12-4-5-14-15-10/h1-6,16H,7H2,(H,13,17). The molecule has 0 spiro atoms. The van der Waals surface area contributed by atoms with Gasteiger partial charge < -0.3 is 10.4 Å². The minimum atomic E-state index is -0.401. The summed E-state index contributed by atoms with van der Waals surface area (Å²) in [7, 11) is 0. The van der Waals surface area contributed by atoms with Gasteiger partial charge in [-0.2, -0.15) is 5.10 Å². The molecule has 2 aromatic rings. The molecule has 2 rings (SSSR count). The van der Waals surface area contributed by atoms with Crippen molar-refractivity contribution >= 4 is 5.91 Å². The predicted octanol–water partition coefficient (Wildman–Crippen LogP) is 0.507. The summed E-state index contributed by atoms with van der Waals surface area (Å²) in [4.78, 5) is 15.3. The number of carbonyl (C=O) groups excluding carboxylic acids is 1. The van der Waals surface area contributed by atoms with E-state index < -0.39 is 5.91 Å². The first-order valence-corrected chi connectivity index (χ1v) is 4.95. The molecular weight excluding hydrogens is 220 g/mol. The molecule has 0 saturated heterocycles. The summed E-state index contributed by atoms with van der Waals surface area (Å²) < 4.78 is 0. The highest BCUT2D eigenvalue weighted by Gasteiger charge is 2.07. The van der Waals surface area contributed by atoms with Crippen LogP contribution in [0.25, 0.3) is 0 Å². The maximum absolute atomic E-state index is 11.6. The van der Waals surface area contributed by atoms with Crippen molar-refractivity contribution in [1.82, 2.24) is 20.5 Å². The van der Waals surface area contributed by atoms with Crippen molar-refractivity contribution in [3.05, 3.63) is 48.0 Å². The lowest BCUT2D eigenvalue weighted by Gasteiger charge is -2.03. The molecule has 1 heterocycles. The smallest absolute Gasteiger partial charge is 0.291 e. The summed E-state index contributed by atoms with van der Waals surface area (Å²) >= 11 is 0. The highest BCUT2D eigenvalue weighted by molar-refractivity contribution is 5.90. The fraction of sp³-hybridized carbons (Fsp3) is 0.0909. The Hall–Kier alpha value is -2.50. The Bertz CT molecular complexity index is 516. The van der Waals surface area contributed by atoms with Crippen molar-refractivity contribution < 1.29 is 9.90 Å². The lowest BCUT2D eigenvalue weighted by molar-refractivity contribution is 0.0939. The minimum Gasteiger partial charge on any atom is -0.508 e. The average Bonchev–Trinajstić information content (AvgIpc) is 2.37. The van der Waals surface area contributed by atoms with Gasteiger partial charge in [-0.05, 0) is 17.7 Å². The number of nitrogens with zero attached hydrogens (tertiary/aromatic N) is 3. The summed E-state index contributed by atoms with van der Waals surface area (Å²) in [6.07, 6.45) is 2.79. The molecule has 0 aliphatic rings. The van der Waals surface area contributed by atoms with E-state index >= 15 is 0 Å². The molecule has 2 N–H and O–H groups in total. The van der Waals surface area contributed by atoms with Crippen LogP contribution in [0.3, 0.4) is 0 Å². The largest absolute Gasteiger partial charge is 0.508 e. The number of rotatable bonds is 3. The SMILES string of the molecule is O=C(NCc1cccc(O)c1)c1nccnn1. The Morgan fingerprint density at radius 2 is 2.24 bits per heavy atom. The van der Waals surface area contributed by atoms with Crippen molar-refractivity contribution in [2.45, 2.75) is 6.54 Å². The van der Waals surface area contributed by atoms with Crippen LogP contribution in [0.2, 0.25) is 0 Å². The maximum atomic E-state index is 11.6. The Kier molecular flexibility index (Phi) is 3.25. The van der Waals surface area contributed by atoms with Crippen molar-refractivity contribution in [2.75, 3.05) is 0 Å². The lowest BCUT2D eigenvalue weighted by Crippen LogP contribution is -2.25. The molecule has 1 aromatic heterocycles. The van der Waals surface area contributed by atoms with Crippen molar-refractivity contribution in [3.8, 4) is 5.75 Å². The molecule has 0 aliphatic carbocycles. The number of phenolic OH excluding ortho intramolecular Hbond substituents is 1. The highest BCUT2D eigenvalue weighted by atomic mass is 16.3. The molecule has 0 bridgehead atoms. The summed E-state index contributed by atoms with van der Waals surface area (Å²) in [6, 6.07) is 6.64. The topological polar surface area (TPSA) is 88.0 Å². The van der Waals surface area contributed by atoms with Gasteiger partial charge in [-0.1, -0.05) is 12.1 Å². The second-order valence-electron chi connectivity index (χ2n) is 3.32. The van der Waals surface area contributed by atoms with E-state index in [9.17, 15) is 9.90 Å². The van der Waals surface area contributed by atoms with Crippen LogP contribution in [0.1, 0.15) is 16.2 Å². The summed E-state index contributed by atoms with van der Waals surface area (Å²) in [5.41, 5.74) is 0.794. The Labute approximate surface area is 97.4 Å². The number of nitrogens with one attached hydrogen (secondary N) is 1. The van der Waals surface area contributed by atoms with Crippen molar-refractivity contribution in [2.24, 2.45) is 0 Å². The number of hydrogen-bond acceptors (Lipinski definition) is 5. The van der Waals surface area contributed by atoms with Crippen LogP contribution in [-0.4, -0.2) is 26.2 Å². The fourth-order valence-corrected chi connectivity index (χ4v) is 1.28. The van der Waals surface area contributed by atoms with E-state index in [-0.39, 0.29) is 11.6 Å². The van der Waals surface area contributed by atoms with E-state index in [4.69, 9.17) is 0 Å². The van der Waals surface area contributed by atoms with Gasteiger partial charge >= 0.3 is 0 Å². The average molecular weight is 230 g/mol. The molecule has 1 aromatic carbocycles. The third-order valence-electron chi connectivity index (χ3n) is 2.05. The van der Waals surface area contributed by atoms with E-state index in [2.05, 4.69) is 20.5 Å². The summed E-state index contributed by atoms with van der Waals surface area (Å²) in [5, 5.41) is 19.0. The van der Waals surface area contributed by atoms with Gasteiger partial charge in [0.1, 0.15) is 5.75 Å². The van der Waals surface area contributed by atoms with E-state index in [0.717, 1.165) is 5.56 Å². The molecule has 0 radical (unpaired) electrons. The molecule has 1 amide bonds. The Balaban J connectivity index is 1.97. The van der Waals surface area contributed by atoms with Crippen LogP contribution >= 0.6 is 0 Å². The van der Waals surface area contributed by atoms with Gasteiger partial charge in [0.25, 0.3) is 5.91 Å². The van der Waals surface area contributed by atoms with Crippen molar-refractivity contribution in [1.29, 1.82) is 0 Å². The number of carbonyl (C=O) groups is 1.